The van der Waals surface area contributed by atoms with Crippen LogP contribution in [0.5, 0.6) is 5.75 Å². The Balaban J connectivity index is 1.87. The highest BCUT2D eigenvalue weighted by Crippen LogP contribution is 2.35. The number of benzene rings is 3. The highest BCUT2D eigenvalue weighted by atomic mass is 35.5. The van der Waals surface area contributed by atoms with E-state index in [1.807, 2.05) is 30.3 Å². The number of amides is 1. The zero-order chi connectivity index (χ0) is 21.0. The summed E-state index contributed by atoms with van der Waals surface area (Å²) in [5.41, 5.74) is 7.42. The number of carbonyl (C=O) groups excluding carboxylic acids is 1. The maximum absolute atomic E-state index is 12.8. The van der Waals surface area contributed by atoms with Gasteiger partial charge in [-0.25, -0.2) is 0 Å². The molecule has 0 unspecified atom stereocenters. The number of alkyl halides is 3. The first-order valence-electron chi connectivity index (χ1n) is 8.69. The minimum atomic E-state index is -4.49. The average molecular weight is 420 g/mol. The smallest absolute Gasteiger partial charge is 0.416 e. The molecule has 0 atom stereocenters. The van der Waals surface area contributed by atoms with Crippen LogP contribution in [0.3, 0.4) is 0 Å². The Morgan fingerprint density at radius 1 is 1.00 bits per heavy atom. The Hall–Kier alpha value is -2.99. The first-order chi connectivity index (χ1) is 13.8. The lowest BCUT2D eigenvalue weighted by Crippen LogP contribution is -2.16. The fourth-order valence-corrected chi connectivity index (χ4v) is 3.19. The van der Waals surface area contributed by atoms with Crippen molar-refractivity contribution in [2.24, 2.45) is 5.73 Å². The Bertz CT molecular complexity index is 1020. The van der Waals surface area contributed by atoms with Crippen molar-refractivity contribution in [3.8, 4) is 5.75 Å². The SMILES string of the molecule is NC(=O)c1cccc(COc2ccc(C(F)(F)F)cc2Cl)c1Cc1ccccc1. The van der Waals surface area contributed by atoms with E-state index in [2.05, 4.69) is 0 Å². The van der Waals surface area contributed by atoms with Crippen LogP contribution < -0.4 is 10.5 Å². The van der Waals surface area contributed by atoms with Crippen LogP contribution in [0.15, 0.2) is 66.7 Å². The van der Waals surface area contributed by atoms with E-state index in [0.717, 1.165) is 17.7 Å². The van der Waals surface area contributed by atoms with Crippen molar-refractivity contribution in [2.75, 3.05) is 0 Å². The fourth-order valence-electron chi connectivity index (χ4n) is 2.96. The topological polar surface area (TPSA) is 52.3 Å². The van der Waals surface area contributed by atoms with Gasteiger partial charge in [0.15, 0.2) is 0 Å². The van der Waals surface area contributed by atoms with E-state index in [0.29, 0.717) is 23.1 Å². The van der Waals surface area contributed by atoms with E-state index >= 15 is 0 Å². The van der Waals surface area contributed by atoms with Crippen molar-refractivity contribution in [2.45, 2.75) is 19.2 Å². The van der Waals surface area contributed by atoms with Gasteiger partial charge in [0, 0.05) is 5.56 Å². The number of primary amides is 1. The molecule has 0 aliphatic rings. The molecule has 0 aliphatic heterocycles. The van der Waals surface area contributed by atoms with Gasteiger partial charge >= 0.3 is 6.18 Å². The quantitative estimate of drug-likeness (QED) is 0.563. The predicted molar refractivity (Wildman–Crippen MR) is 105 cm³/mol. The Morgan fingerprint density at radius 3 is 2.34 bits per heavy atom. The summed E-state index contributed by atoms with van der Waals surface area (Å²) >= 11 is 5.95. The third-order valence-corrected chi connectivity index (χ3v) is 4.70. The van der Waals surface area contributed by atoms with Crippen LogP contribution in [0.4, 0.5) is 13.2 Å². The number of carbonyl (C=O) groups is 1. The molecular weight excluding hydrogens is 403 g/mol. The summed E-state index contributed by atoms with van der Waals surface area (Å²) < 4.78 is 44.0. The Labute approximate surface area is 170 Å². The van der Waals surface area contributed by atoms with E-state index in [9.17, 15) is 18.0 Å². The van der Waals surface area contributed by atoms with Gasteiger partial charge in [-0.3, -0.25) is 4.79 Å². The second-order valence-corrected chi connectivity index (χ2v) is 6.81. The molecule has 150 valence electrons. The third kappa shape index (κ3) is 5.09. The zero-order valence-corrected chi connectivity index (χ0v) is 15.9. The van der Waals surface area contributed by atoms with Crippen LogP contribution in [0, 0.1) is 0 Å². The lowest BCUT2D eigenvalue weighted by Gasteiger charge is -2.16. The molecule has 0 aliphatic carbocycles. The zero-order valence-electron chi connectivity index (χ0n) is 15.2. The number of ether oxygens (including phenoxy) is 1. The lowest BCUT2D eigenvalue weighted by molar-refractivity contribution is -0.137. The van der Waals surface area contributed by atoms with E-state index in [1.54, 1.807) is 18.2 Å². The van der Waals surface area contributed by atoms with Crippen molar-refractivity contribution >= 4 is 17.5 Å². The number of hydrogen-bond donors (Lipinski definition) is 1. The lowest BCUT2D eigenvalue weighted by atomic mass is 9.94. The van der Waals surface area contributed by atoms with Crippen molar-refractivity contribution < 1.29 is 22.7 Å². The first-order valence-corrected chi connectivity index (χ1v) is 9.07. The monoisotopic (exact) mass is 419 g/mol. The molecule has 29 heavy (non-hydrogen) atoms. The van der Waals surface area contributed by atoms with Crippen LogP contribution in [0.25, 0.3) is 0 Å². The molecule has 2 N–H and O–H groups in total. The molecular formula is C22H17ClF3NO2. The molecule has 3 aromatic rings. The van der Waals surface area contributed by atoms with Crippen LogP contribution in [0.2, 0.25) is 5.02 Å². The number of rotatable bonds is 6. The summed E-state index contributed by atoms with van der Waals surface area (Å²) in [6.07, 6.45) is -4.03. The van der Waals surface area contributed by atoms with Crippen molar-refractivity contribution in [3.05, 3.63) is 99.6 Å². The van der Waals surface area contributed by atoms with E-state index in [4.69, 9.17) is 22.1 Å². The summed E-state index contributed by atoms with van der Waals surface area (Å²) in [4.78, 5) is 11.9. The van der Waals surface area contributed by atoms with E-state index < -0.39 is 17.6 Å². The van der Waals surface area contributed by atoms with Gasteiger partial charge in [-0.2, -0.15) is 13.2 Å². The average Bonchev–Trinajstić information content (AvgIpc) is 2.67. The molecule has 3 rings (SSSR count). The van der Waals surface area contributed by atoms with Crippen LogP contribution in [0.1, 0.15) is 32.6 Å². The van der Waals surface area contributed by atoms with Gasteiger partial charge in [-0.1, -0.05) is 54.1 Å². The fraction of sp³-hybridized carbons (Fsp3) is 0.136. The number of hydrogen-bond acceptors (Lipinski definition) is 2. The standard InChI is InChI=1S/C22H17ClF3NO2/c23-19-12-16(22(24,25)26)9-10-20(19)29-13-15-7-4-8-17(21(27)28)18(15)11-14-5-2-1-3-6-14/h1-10,12H,11,13H2,(H2,27,28). The summed E-state index contributed by atoms with van der Waals surface area (Å²) in [5.74, 6) is -0.444. The van der Waals surface area contributed by atoms with Crippen molar-refractivity contribution in [1.29, 1.82) is 0 Å². The second kappa shape index (κ2) is 8.57. The molecule has 0 radical (unpaired) electrons. The van der Waals surface area contributed by atoms with Gasteiger partial charge in [-0.15, -0.1) is 0 Å². The maximum Gasteiger partial charge on any atom is 0.416 e. The molecule has 0 spiro atoms. The molecule has 0 saturated heterocycles. The van der Waals surface area contributed by atoms with Gasteiger partial charge in [-0.05, 0) is 47.4 Å². The molecule has 0 bridgehead atoms. The minimum absolute atomic E-state index is 0.0222. The van der Waals surface area contributed by atoms with Crippen LogP contribution in [-0.2, 0) is 19.2 Å². The van der Waals surface area contributed by atoms with Gasteiger partial charge in [0.05, 0.1) is 10.6 Å². The molecule has 0 fully saturated rings. The third-order valence-electron chi connectivity index (χ3n) is 4.40. The highest BCUT2D eigenvalue weighted by Gasteiger charge is 2.31. The van der Waals surface area contributed by atoms with Crippen molar-refractivity contribution in [1.82, 2.24) is 0 Å². The minimum Gasteiger partial charge on any atom is -0.487 e. The molecule has 3 aromatic carbocycles. The molecule has 0 aromatic heterocycles. The molecule has 7 heteroatoms. The van der Waals surface area contributed by atoms with E-state index in [1.165, 1.54) is 6.07 Å². The summed E-state index contributed by atoms with van der Waals surface area (Å²) in [7, 11) is 0. The summed E-state index contributed by atoms with van der Waals surface area (Å²) in [6, 6.07) is 17.5. The van der Waals surface area contributed by atoms with Crippen LogP contribution >= 0.6 is 11.6 Å². The van der Waals surface area contributed by atoms with Gasteiger partial charge in [0.1, 0.15) is 12.4 Å². The van der Waals surface area contributed by atoms with Crippen LogP contribution in [-0.4, -0.2) is 5.91 Å². The van der Waals surface area contributed by atoms with E-state index in [-0.39, 0.29) is 17.4 Å². The second-order valence-electron chi connectivity index (χ2n) is 6.40. The summed E-state index contributed by atoms with van der Waals surface area (Å²) in [5, 5.41) is -0.143. The Kier molecular flexibility index (Phi) is 6.13. The summed E-state index contributed by atoms with van der Waals surface area (Å²) in [6.45, 7) is 0.0222. The Morgan fingerprint density at radius 2 is 1.72 bits per heavy atom. The predicted octanol–water partition coefficient (Wildman–Crippen LogP) is 5.63. The molecule has 0 heterocycles. The molecule has 3 nitrogen and oxygen atoms in total. The normalized spacial score (nSPS) is 11.3. The first kappa shape index (κ1) is 20.7. The van der Waals surface area contributed by atoms with Gasteiger partial charge in [0.2, 0.25) is 5.91 Å². The van der Waals surface area contributed by atoms with Crippen molar-refractivity contribution in [3.63, 3.8) is 0 Å². The molecule has 0 saturated carbocycles. The van der Waals surface area contributed by atoms with Gasteiger partial charge in [0.25, 0.3) is 0 Å². The van der Waals surface area contributed by atoms with Gasteiger partial charge < -0.3 is 10.5 Å². The maximum atomic E-state index is 12.8. The molecule has 1 amide bonds. The number of halogens is 4. The largest absolute Gasteiger partial charge is 0.487 e. The number of nitrogens with two attached hydrogens (primary N) is 1. The highest BCUT2D eigenvalue weighted by molar-refractivity contribution is 6.32.